The van der Waals surface area contributed by atoms with E-state index in [1.54, 1.807) is 66.9 Å². The van der Waals surface area contributed by atoms with Gasteiger partial charge in [0.2, 0.25) is 5.91 Å². The van der Waals surface area contributed by atoms with Crippen molar-refractivity contribution in [3.05, 3.63) is 78.3 Å². The van der Waals surface area contributed by atoms with Gasteiger partial charge in [-0.1, -0.05) is 0 Å². The van der Waals surface area contributed by atoms with Crippen LogP contribution in [0.3, 0.4) is 0 Å². The number of furan rings is 1. The quantitative estimate of drug-likeness (QED) is 0.511. The number of rotatable bonds is 6. The van der Waals surface area contributed by atoms with Gasteiger partial charge in [0.05, 0.1) is 12.8 Å². The summed E-state index contributed by atoms with van der Waals surface area (Å²) in [6.45, 7) is 1.70. The molecule has 4 N–H and O–H groups in total. The number of benzene rings is 2. The molecule has 29 heavy (non-hydrogen) atoms. The molecule has 0 fully saturated rings. The highest BCUT2D eigenvalue weighted by Crippen LogP contribution is 2.16. The summed E-state index contributed by atoms with van der Waals surface area (Å²) < 4.78 is 5.15. The molecule has 2 aromatic carbocycles. The van der Waals surface area contributed by atoms with Crippen molar-refractivity contribution in [1.29, 1.82) is 0 Å². The van der Waals surface area contributed by atoms with Crippen molar-refractivity contribution in [2.75, 3.05) is 16.0 Å². The van der Waals surface area contributed by atoms with Crippen LogP contribution < -0.4 is 21.3 Å². The molecule has 148 valence electrons. The molecule has 0 saturated carbocycles. The normalized spacial score (nSPS) is 10.1. The molecule has 0 aliphatic heterocycles. The molecular weight excluding hydrogens is 372 g/mol. The van der Waals surface area contributed by atoms with Crippen molar-refractivity contribution in [1.82, 2.24) is 5.32 Å². The summed E-state index contributed by atoms with van der Waals surface area (Å²) in [6, 6.07) is 16.5. The second kappa shape index (κ2) is 9.23. The van der Waals surface area contributed by atoms with Crippen molar-refractivity contribution >= 4 is 34.9 Å². The smallest absolute Gasteiger partial charge is 0.319 e. The topological polar surface area (TPSA) is 112 Å². The minimum atomic E-state index is -0.363. The van der Waals surface area contributed by atoms with Crippen LogP contribution in [-0.2, 0) is 11.3 Å². The lowest BCUT2D eigenvalue weighted by molar-refractivity contribution is -0.114. The highest BCUT2D eigenvalue weighted by Gasteiger charge is 2.07. The number of carbonyl (C=O) groups is 3. The summed E-state index contributed by atoms with van der Waals surface area (Å²) >= 11 is 0. The van der Waals surface area contributed by atoms with Crippen molar-refractivity contribution < 1.29 is 18.8 Å². The Morgan fingerprint density at radius 2 is 1.38 bits per heavy atom. The first-order valence-electron chi connectivity index (χ1n) is 8.86. The summed E-state index contributed by atoms with van der Waals surface area (Å²) in [5.74, 6) is 0.199. The van der Waals surface area contributed by atoms with Crippen LogP contribution in [0.5, 0.6) is 0 Å². The maximum absolute atomic E-state index is 12.3. The van der Waals surface area contributed by atoms with E-state index in [1.807, 2.05) is 0 Å². The number of anilines is 3. The summed E-state index contributed by atoms with van der Waals surface area (Å²) in [5, 5.41) is 10.8. The first kappa shape index (κ1) is 19.7. The van der Waals surface area contributed by atoms with E-state index in [0.29, 0.717) is 28.4 Å². The minimum Gasteiger partial charge on any atom is -0.467 e. The standard InChI is InChI=1S/C21H20N4O4/c1-14(26)23-16-6-4-15(5-7-16)20(27)24-17-8-10-18(11-9-17)25-21(28)22-13-19-3-2-12-29-19/h2-12H,13H2,1H3,(H,23,26)(H,24,27)(H2,22,25,28). The predicted molar refractivity (Wildman–Crippen MR) is 110 cm³/mol. The first-order chi connectivity index (χ1) is 14.0. The Bertz CT molecular complexity index is 981. The maximum Gasteiger partial charge on any atom is 0.319 e. The number of amides is 4. The van der Waals surface area contributed by atoms with Gasteiger partial charge in [-0.2, -0.15) is 0 Å². The highest BCUT2D eigenvalue weighted by atomic mass is 16.3. The molecular formula is C21H20N4O4. The largest absolute Gasteiger partial charge is 0.467 e. The summed E-state index contributed by atoms with van der Waals surface area (Å²) in [6.07, 6.45) is 1.54. The molecule has 3 aromatic rings. The van der Waals surface area contributed by atoms with Gasteiger partial charge in [0, 0.05) is 29.5 Å². The number of urea groups is 1. The molecule has 0 radical (unpaired) electrons. The SMILES string of the molecule is CC(=O)Nc1ccc(C(=O)Nc2ccc(NC(=O)NCc3ccco3)cc2)cc1. The highest BCUT2D eigenvalue weighted by molar-refractivity contribution is 6.04. The lowest BCUT2D eigenvalue weighted by Gasteiger charge is -2.09. The molecule has 1 aromatic heterocycles. The van der Waals surface area contributed by atoms with Crippen LogP contribution in [0, 0.1) is 0 Å². The fraction of sp³-hybridized carbons (Fsp3) is 0.0952. The average Bonchev–Trinajstić information content (AvgIpc) is 3.22. The zero-order valence-corrected chi connectivity index (χ0v) is 15.7. The van der Waals surface area contributed by atoms with Gasteiger partial charge in [0.15, 0.2) is 0 Å². The Balaban J connectivity index is 1.51. The van der Waals surface area contributed by atoms with Gasteiger partial charge in [-0.05, 0) is 60.7 Å². The fourth-order valence-corrected chi connectivity index (χ4v) is 2.50. The number of hydrogen-bond donors (Lipinski definition) is 4. The van der Waals surface area contributed by atoms with Crippen molar-refractivity contribution in [3.8, 4) is 0 Å². The Morgan fingerprint density at radius 3 is 1.97 bits per heavy atom. The lowest BCUT2D eigenvalue weighted by Crippen LogP contribution is -2.27. The van der Waals surface area contributed by atoms with Crippen molar-refractivity contribution in [3.63, 3.8) is 0 Å². The molecule has 0 aliphatic rings. The van der Waals surface area contributed by atoms with E-state index >= 15 is 0 Å². The maximum atomic E-state index is 12.3. The number of carbonyl (C=O) groups excluding carboxylic acids is 3. The molecule has 0 aliphatic carbocycles. The molecule has 0 saturated heterocycles. The number of hydrogen-bond acceptors (Lipinski definition) is 4. The van der Waals surface area contributed by atoms with Gasteiger partial charge in [0.1, 0.15) is 5.76 Å². The third kappa shape index (κ3) is 5.96. The third-order valence-corrected chi connectivity index (χ3v) is 3.87. The van der Waals surface area contributed by atoms with Gasteiger partial charge in [-0.15, -0.1) is 0 Å². The molecule has 8 nitrogen and oxygen atoms in total. The zero-order chi connectivity index (χ0) is 20.6. The zero-order valence-electron chi connectivity index (χ0n) is 15.7. The predicted octanol–water partition coefficient (Wildman–Crippen LogP) is 3.81. The molecule has 8 heteroatoms. The van der Waals surface area contributed by atoms with Crippen LogP contribution in [0.4, 0.5) is 21.9 Å². The van der Waals surface area contributed by atoms with E-state index in [4.69, 9.17) is 4.42 Å². The summed E-state index contributed by atoms with van der Waals surface area (Å²) in [7, 11) is 0. The van der Waals surface area contributed by atoms with E-state index in [2.05, 4.69) is 21.3 Å². The monoisotopic (exact) mass is 392 g/mol. The first-order valence-corrected chi connectivity index (χ1v) is 8.86. The van der Waals surface area contributed by atoms with E-state index in [9.17, 15) is 14.4 Å². The van der Waals surface area contributed by atoms with Crippen LogP contribution in [0.25, 0.3) is 0 Å². The van der Waals surface area contributed by atoms with E-state index in [-0.39, 0.29) is 24.4 Å². The second-order valence-corrected chi connectivity index (χ2v) is 6.18. The molecule has 0 unspecified atom stereocenters. The lowest BCUT2D eigenvalue weighted by atomic mass is 10.2. The van der Waals surface area contributed by atoms with Gasteiger partial charge < -0.3 is 25.7 Å². The Morgan fingerprint density at radius 1 is 0.793 bits per heavy atom. The molecule has 3 rings (SSSR count). The van der Waals surface area contributed by atoms with Crippen LogP contribution in [0.1, 0.15) is 23.0 Å². The summed E-state index contributed by atoms with van der Waals surface area (Å²) in [4.78, 5) is 35.2. The van der Waals surface area contributed by atoms with Crippen LogP contribution >= 0.6 is 0 Å². The average molecular weight is 392 g/mol. The molecule has 0 atom stereocenters. The molecule has 0 spiro atoms. The van der Waals surface area contributed by atoms with Gasteiger partial charge in [0.25, 0.3) is 5.91 Å². The van der Waals surface area contributed by atoms with E-state index in [0.717, 1.165) is 0 Å². The molecule has 0 bridgehead atoms. The number of nitrogens with one attached hydrogen (secondary N) is 4. The van der Waals surface area contributed by atoms with E-state index in [1.165, 1.54) is 6.92 Å². The van der Waals surface area contributed by atoms with Crippen molar-refractivity contribution in [2.45, 2.75) is 13.5 Å². The molecule has 4 amide bonds. The summed E-state index contributed by atoms with van der Waals surface area (Å²) in [5.41, 5.74) is 2.25. The second-order valence-electron chi connectivity index (χ2n) is 6.18. The Kier molecular flexibility index (Phi) is 6.26. The van der Waals surface area contributed by atoms with Gasteiger partial charge in [-0.3, -0.25) is 9.59 Å². The van der Waals surface area contributed by atoms with Gasteiger partial charge in [-0.25, -0.2) is 4.79 Å². The van der Waals surface area contributed by atoms with E-state index < -0.39 is 0 Å². The molecule has 1 heterocycles. The Labute approximate surface area is 167 Å². The van der Waals surface area contributed by atoms with Crippen LogP contribution in [-0.4, -0.2) is 17.8 Å². The third-order valence-electron chi connectivity index (χ3n) is 3.87. The van der Waals surface area contributed by atoms with Crippen molar-refractivity contribution in [2.24, 2.45) is 0 Å². The van der Waals surface area contributed by atoms with Crippen LogP contribution in [0.15, 0.2) is 71.3 Å². The van der Waals surface area contributed by atoms with Crippen LogP contribution in [0.2, 0.25) is 0 Å². The minimum absolute atomic E-state index is 0.175. The van der Waals surface area contributed by atoms with Gasteiger partial charge >= 0.3 is 6.03 Å². The fourth-order valence-electron chi connectivity index (χ4n) is 2.50. The Hall–Kier alpha value is -4.07.